The normalized spacial score (nSPS) is 18.3. The van der Waals surface area contributed by atoms with Gasteiger partial charge in [-0.1, -0.05) is 29.8 Å². The summed E-state index contributed by atoms with van der Waals surface area (Å²) in [4.78, 5) is 25.0. The second-order valence-electron chi connectivity index (χ2n) is 5.45. The molecule has 23 heavy (non-hydrogen) atoms. The minimum Gasteiger partial charge on any atom is -0.351 e. The maximum atomic E-state index is 12.1. The zero-order valence-electron chi connectivity index (χ0n) is 12.2. The number of nitrogens with zero attached hydrogens (tertiary/aromatic N) is 1. The molecule has 0 saturated carbocycles. The molecule has 2 rings (SSSR count). The second-order valence-corrected chi connectivity index (χ2v) is 5.86. The Morgan fingerprint density at radius 1 is 1.35 bits per heavy atom. The quantitative estimate of drug-likeness (QED) is 0.889. The summed E-state index contributed by atoms with van der Waals surface area (Å²) < 4.78 is 36.2. The Labute approximate surface area is 136 Å². The molecule has 1 aliphatic heterocycles. The summed E-state index contributed by atoms with van der Waals surface area (Å²) in [5.74, 6) is -0.856. The highest BCUT2D eigenvalue weighted by atomic mass is 35.5. The molecule has 0 aliphatic carbocycles. The SMILES string of the molecule is O=C(CCC(F)(F)F)NC1CC(=O)N(Cc2ccccc2Cl)C1. The van der Waals surface area contributed by atoms with E-state index >= 15 is 0 Å². The average molecular weight is 349 g/mol. The van der Waals surface area contributed by atoms with Crippen LogP contribution in [-0.2, 0) is 16.1 Å². The van der Waals surface area contributed by atoms with Gasteiger partial charge < -0.3 is 10.2 Å². The molecule has 1 aromatic carbocycles. The number of halogens is 4. The molecule has 1 heterocycles. The molecular formula is C15H16ClF3N2O2. The van der Waals surface area contributed by atoms with Crippen molar-refractivity contribution >= 4 is 23.4 Å². The standard InChI is InChI=1S/C15H16ClF3N2O2/c16-12-4-2-1-3-10(12)8-21-9-11(7-14(21)23)20-13(22)5-6-15(17,18)19/h1-4,11H,5-9H2,(H,20,22). The molecule has 1 saturated heterocycles. The maximum absolute atomic E-state index is 12.1. The predicted molar refractivity (Wildman–Crippen MR) is 78.7 cm³/mol. The Bertz CT molecular complexity index is 592. The van der Waals surface area contributed by atoms with Crippen LogP contribution in [-0.4, -0.2) is 35.5 Å². The molecule has 4 nitrogen and oxygen atoms in total. The zero-order valence-corrected chi connectivity index (χ0v) is 13.0. The van der Waals surface area contributed by atoms with Crippen LogP contribution in [0.2, 0.25) is 5.02 Å². The minimum atomic E-state index is -4.36. The van der Waals surface area contributed by atoms with E-state index in [2.05, 4.69) is 5.32 Å². The van der Waals surface area contributed by atoms with E-state index in [0.29, 0.717) is 11.6 Å². The van der Waals surface area contributed by atoms with E-state index in [1.807, 2.05) is 0 Å². The van der Waals surface area contributed by atoms with Crippen LogP contribution in [0.5, 0.6) is 0 Å². The number of carbonyl (C=O) groups is 2. The molecule has 1 aromatic rings. The summed E-state index contributed by atoms with van der Waals surface area (Å²) in [5, 5.41) is 3.02. The lowest BCUT2D eigenvalue weighted by Gasteiger charge is -2.18. The first-order chi connectivity index (χ1) is 10.7. The van der Waals surface area contributed by atoms with Gasteiger partial charge in [-0.25, -0.2) is 0 Å². The maximum Gasteiger partial charge on any atom is 0.389 e. The largest absolute Gasteiger partial charge is 0.389 e. The molecule has 1 aliphatic rings. The molecular weight excluding hydrogens is 333 g/mol. The summed E-state index contributed by atoms with van der Waals surface area (Å²) in [5.41, 5.74) is 0.784. The average Bonchev–Trinajstić information content (AvgIpc) is 2.78. The van der Waals surface area contributed by atoms with Crippen molar-refractivity contribution in [2.45, 2.75) is 38.0 Å². The second kappa shape index (κ2) is 7.21. The van der Waals surface area contributed by atoms with Gasteiger partial charge in [0.15, 0.2) is 0 Å². The van der Waals surface area contributed by atoms with Gasteiger partial charge in [0.1, 0.15) is 0 Å². The van der Waals surface area contributed by atoms with Gasteiger partial charge in [-0.05, 0) is 11.6 Å². The zero-order chi connectivity index (χ0) is 17.0. The Balaban J connectivity index is 1.85. The third-order valence-corrected chi connectivity index (χ3v) is 3.90. The number of hydrogen-bond donors (Lipinski definition) is 1. The first-order valence-electron chi connectivity index (χ1n) is 7.12. The van der Waals surface area contributed by atoms with Crippen LogP contribution in [0.4, 0.5) is 13.2 Å². The van der Waals surface area contributed by atoms with Gasteiger partial charge in [0, 0.05) is 31.0 Å². The number of nitrogens with one attached hydrogen (secondary N) is 1. The fraction of sp³-hybridized carbons (Fsp3) is 0.467. The number of likely N-dealkylation sites (tertiary alicyclic amines) is 1. The molecule has 0 radical (unpaired) electrons. The molecule has 1 N–H and O–H groups in total. The van der Waals surface area contributed by atoms with Gasteiger partial charge in [-0.2, -0.15) is 13.2 Å². The first kappa shape index (κ1) is 17.6. The van der Waals surface area contributed by atoms with Crippen LogP contribution < -0.4 is 5.32 Å². The van der Waals surface area contributed by atoms with Crippen molar-refractivity contribution in [1.82, 2.24) is 10.2 Å². The smallest absolute Gasteiger partial charge is 0.351 e. The monoisotopic (exact) mass is 348 g/mol. The lowest BCUT2D eigenvalue weighted by molar-refractivity contribution is -0.144. The van der Waals surface area contributed by atoms with Gasteiger partial charge >= 0.3 is 6.18 Å². The number of hydrogen-bond acceptors (Lipinski definition) is 2. The van der Waals surface area contributed by atoms with Crippen LogP contribution in [0, 0.1) is 0 Å². The minimum absolute atomic E-state index is 0.0855. The molecule has 1 fully saturated rings. The Kier molecular flexibility index (Phi) is 5.51. The Morgan fingerprint density at radius 2 is 2.04 bits per heavy atom. The highest BCUT2D eigenvalue weighted by Crippen LogP contribution is 2.22. The van der Waals surface area contributed by atoms with E-state index in [-0.39, 0.29) is 18.9 Å². The third kappa shape index (κ3) is 5.42. The molecule has 0 bridgehead atoms. The molecule has 8 heteroatoms. The van der Waals surface area contributed by atoms with Gasteiger partial charge in [-0.3, -0.25) is 9.59 Å². The number of rotatable bonds is 5. The molecule has 0 aromatic heterocycles. The highest BCUT2D eigenvalue weighted by Gasteiger charge is 2.32. The Morgan fingerprint density at radius 3 is 2.70 bits per heavy atom. The number of carbonyl (C=O) groups excluding carboxylic acids is 2. The van der Waals surface area contributed by atoms with Crippen molar-refractivity contribution < 1.29 is 22.8 Å². The van der Waals surface area contributed by atoms with Crippen LogP contribution in [0.25, 0.3) is 0 Å². The molecule has 1 unspecified atom stereocenters. The first-order valence-corrected chi connectivity index (χ1v) is 7.49. The molecule has 126 valence electrons. The van der Waals surface area contributed by atoms with Crippen LogP contribution in [0.15, 0.2) is 24.3 Å². The van der Waals surface area contributed by atoms with E-state index in [9.17, 15) is 22.8 Å². The van der Waals surface area contributed by atoms with Gasteiger partial charge in [0.2, 0.25) is 11.8 Å². The van der Waals surface area contributed by atoms with Crippen LogP contribution >= 0.6 is 11.6 Å². The fourth-order valence-electron chi connectivity index (χ4n) is 2.41. The number of benzene rings is 1. The topological polar surface area (TPSA) is 49.4 Å². The lowest BCUT2D eigenvalue weighted by Crippen LogP contribution is -2.37. The Hall–Kier alpha value is -1.76. The van der Waals surface area contributed by atoms with Gasteiger partial charge in [-0.15, -0.1) is 0 Å². The summed E-state index contributed by atoms with van der Waals surface area (Å²) in [6.45, 7) is 0.579. The summed E-state index contributed by atoms with van der Waals surface area (Å²) in [7, 11) is 0. The van der Waals surface area contributed by atoms with E-state index in [1.165, 1.54) is 4.90 Å². The van der Waals surface area contributed by atoms with E-state index in [4.69, 9.17) is 11.6 Å². The van der Waals surface area contributed by atoms with Gasteiger partial charge in [0.05, 0.1) is 12.5 Å². The summed E-state index contributed by atoms with van der Waals surface area (Å²) in [6, 6.07) is 6.63. The predicted octanol–water partition coefficient (Wildman–Crippen LogP) is 2.90. The van der Waals surface area contributed by atoms with E-state index in [1.54, 1.807) is 24.3 Å². The van der Waals surface area contributed by atoms with Crippen molar-refractivity contribution in [2.75, 3.05) is 6.54 Å². The summed E-state index contributed by atoms with van der Waals surface area (Å²) in [6.07, 6.45) is -6.07. The van der Waals surface area contributed by atoms with E-state index < -0.39 is 31.0 Å². The molecule has 2 amide bonds. The van der Waals surface area contributed by atoms with Crippen LogP contribution in [0.1, 0.15) is 24.8 Å². The van der Waals surface area contributed by atoms with Crippen molar-refractivity contribution in [3.8, 4) is 0 Å². The highest BCUT2D eigenvalue weighted by molar-refractivity contribution is 6.31. The van der Waals surface area contributed by atoms with E-state index in [0.717, 1.165) is 5.56 Å². The van der Waals surface area contributed by atoms with Crippen molar-refractivity contribution in [3.05, 3.63) is 34.9 Å². The number of alkyl halides is 3. The molecule has 0 spiro atoms. The van der Waals surface area contributed by atoms with Crippen molar-refractivity contribution in [1.29, 1.82) is 0 Å². The molecule has 1 atom stereocenters. The third-order valence-electron chi connectivity index (χ3n) is 3.53. The van der Waals surface area contributed by atoms with Crippen LogP contribution in [0.3, 0.4) is 0 Å². The van der Waals surface area contributed by atoms with Crippen molar-refractivity contribution in [2.24, 2.45) is 0 Å². The van der Waals surface area contributed by atoms with Crippen molar-refractivity contribution in [3.63, 3.8) is 0 Å². The fourth-order valence-corrected chi connectivity index (χ4v) is 2.60. The lowest BCUT2D eigenvalue weighted by atomic mass is 10.2. The summed E-state index contributed by atoms with van der Waals surface area (Å²) >= 11 is 6.04. The van der Waals surface area contributed by atoms with Gasteiger partial charge in [0.25, 0.3) is 0 Å². The number of amides is 2.